The van der Waals surface area contributed by atoms with Crippen LogP contribution in [0.25, 0.3) is 6.08 Å². The Morgan fingerprint density at radius 3 is 2.59 bits per heavy atom. The molecule has 22 heavy (non-hydrogen) atoms. The van der Waals surface area contributed by atoms with Gasteiger partial charge in [0.15, 0.2) is 9.84 Å². The van der Waals surface area contributed by atoms with Gasteiger partial charge in [0, 0.05) is 12.6 Å². The summed E-state index contributed by atoms with van der Waals surface area (Å²) in [5.41, 5.74) is 3.21. The topological polar surface area (TPSA) is 46.2 Å². The molecule has 114 valence electrons. The molecular weight excluding hydrogens is 294 g/mol. The van der Waals surface area contributed by atoms with Gasteiger partial charge in [-0.05, 0) is 24.1 Å². The first-order valence-electron chi connectivity index (χ1n) is 7.33. The van der Waals surface area contributed by atoms with Gasteiger partial charge < -0.3 is 5.32 Å². The van der Waals surface area contributed by atoms with Crippen molar-refractivity contribution < 1.29 is 8.42 Å². The normalized spacial score (nSPS) is 19.9. The van der Waals surface area contributed by atoms with Crippen LogP contribution in [0.1, 0.15) is 24.1 Å². The molecule has 0 aromatic heterocycles. The first kappa shape index (κ1) is 15.0. The van der Waals surface area contributed by atoms with Crippen LogP contribution in [0.5, 0.6) is 0 Å². The zero-order chi connectivity index (χ0) is 15.6. The van der Waals surface area contributed by atoms with E-state index < -0.39 is 9.84 Å². The van der Waals surface area contributed by atoms with E-state index in [1.54, 1.807) is 12.1 Å². The maximum atomic E-state index is 12.1. The highest BCUT2D eigenvalue weighted by molar-refractivity contribution is 7.91. The third-order valence-electron chi connectivity index (χ3n) is 3.86. The minimum Gasteiger partial charge on any atom is -0.305 e. The molecule has 1 N–H and O–H groups in total. The van der Waals surface area contributed by atoms with Crippen molar-refractivity contribution in [3.8, 4) is 0 Å². The molecule has 1 heterocycles. The van der Waals surface area contributed by atoms with Crippen LogP contribution in [-0.2, 0) is 9.84 Å². The second-order valence-corrected chi connectivity index (χ2v) is 7.66. The Kier molecular flexibility index (Phi) is 4.14. The van der Waals surface area contributed by atoms with Crippen molar-refractivity contribution in [2.24, 2.45) is 0 Å². The van der Waals surface area contributed by atoms with Gasteiger partial charge in [-0.15, -0.1) is 0 Å². The summed E-state index contributed by atoms with van der Waals surface area (Å²) in [5, 5.41) is 3.37. The van der Waals surface area contributed by atoms with E-state index in [0.717, 1.165) is 11.1 Å². The smallest absolute Gasteiger partial charge is 0.180 e. The summed E-state index contributed by atoms with van der Waals surface area (Å²) in [4.78, 5) is 0.470. The highest BCUT2D eigenvalue weighted by Crippen LogP contribution is 2.32. The van der Waals surface area contributed by atoms with Gasteiger partial charge in [0.1, 0.15) is 0 Å². The number of benzene rings is 2. The van der Waals surface area contributed by atoms with E-state index in [9.17, 15) is 8.42 Å². The summed E-state index contributed by atoms with van der Waals surface area (Å²) in [7, 11) is -3.14. The Morgan fingerprint density at radius 2 is 1.82 bits per heavy atom. The molecule has 3 rings (SSSR count). The van der Waals surface area contributed by atoms with Gasteiger partial charge in [0.05, 0.1) is 10.6 Å². The quantitative estimate of drug-likeness (QED) is 0.943. The first-order chi connectivity index (χ1) is 10.6. The highest BCUT2D eigenvalue weighted by Gasteiger charge is 2.33. The molecule has 3 nitrogen and oxygen atoms in total. The van der Waals surface area contributed by atoms with Crippen molar-refractivity contribution in [1.82, 2.24) is 5.32 Å². The Bertz CT molecular complexity index is 795. The van der Waals surface area contributed by atoms with E-state index in [4.69, 9.17) is 0 Å². The fourth-order valence-electron chi connectivity index (χ4n) is 2.79. The van der Waals surface area contributed by atoms with Crippen LogP contribution in [0, 0.1) is 0 Å². The molecule has 1 aliphatic heterocycles. The molecule has 2 aromatic rings. The van der Waals surface area contributed by atoms with Gasteiger partial charge >= 0.3 is 0 Å². The monoisotopic (exact) mass is 313 g/mol. The third kappa shape index (κ3) is 3.13. The standard InChI is InChI=1S/C18H19NO2S/c1-14(11-15-7-3-2-4-8-15)12-19-17-13-22(20,21)18-10-6-5-9-16(17)18/h2-11,17,19H,12-13H2,1H3/b14-11+. The molecule has 0 aliphatic carbocycles. The third-order valence-corrected chi connectivity index (χ3v) is 5.67. The summed E-state index contributed by atoms with van der Waals surface area (Å²) < 4.78 is 24.3. The van der Waals surface area contributed by atoms with Crippen LogP contribution in [0.2, 0.25) is 0 Å². The van der Waals surface area contributed by atoms with Crippen molar-refractivity contribution in [2.75, 3.05) is 12.3 Å². The van der Waals surface area contributed by atoms with Crippen LogP contribution >= 0.6 is 0 Å². The molecular formula is C18H19NO2S. The maximum absolute atomic E-state index is 12.1. The first-order valence-corrected chi connectivity index (χ1v) is 8.99. The van der Waals surface area contributed by atoms with E-state index in [1.165, 1.54) is 5.57 Å². The zero-order valence-electron chi connectivity index (χ0n) is 12.5. The molecule has 4 heteroatoms. The lowest BCUT2D eigenvalue weighted by molar-refractivity contribution is 0.582. The molecule has 0 fully saturated rings. The number of hydrogen-bond acceptors (Lipinski definition) is 3. The van der Waals surface area contributed by atoms with Gasteiger partial charge in [-0.1, -0.05) is 60.2 Å². The Hall–Kier alpha value is -1.91. The number of nitrogens with one attached hydrogen (secondary N) is 1. The van der Waals surface area contributed by atoms with Crippen LogP contribution in [-0.4, -0.2) is 20.7 Å². The average molecular weight is 313 g/mol. The lowest BCUT2D eigenvalue weighted by Gasteiger charge is -2.13. The predicted octanol–water partition coefficient (Wildman–Crippen LogP) is 3.21. The molecule has 0 bridgehead atoms. The van der Waals surface area contributed by atoms with E-state index in [-0.39, 0.29) is 11.8 Å². The van der Waals surface area contributed by atoms with E-state index in [2.05, 4.69) is 30.4 Å². The maximum Gasteiger partial charge on any atom is 0.180 e. The van der Waals surface area contributed by atoms with Gasteiger partial charge in [-0.2, -0.15) is 0 Å². The number of fused-ring (bicyclic) bond motifs is 1. The molecule has 1 aliphatic rings. The van der Waals surface area contributed by atoms with E-state index in [1.807, 2.05) is 30.3 Å². The lowest BCUT2D eigenvalue weighted by atomic mass is 10.1. The predicted molar refractivity (Wildman–Crippen MR) is 89.3 cm³/mol. The molecule has 0 spiro atoms. The second kappa shape index (κ2) is 6.07. The zero-order valence-corrected chi connectivity index (χ0v) is 13.3. The number of rotatable bonds is 4. The SMILES string of the molecule is C/C(=C\c1ccccc1)CNC1CS(=O)(=O)c2ccccc21. The van der Waals surface area contributed by atoms with Crippen LogP contribution in [0.15, 0.2) is 65.1 Å². The lowest BCUT2D eigenvalue weighted by Crippen LogP contribution is -2.24. The summed E-state index contributed by atoms with van der Waals surface area (Å²) in [6.45, 7) is 2.72. The van der Waals surface area contributed by atoms with Crippen LogP contribution in [0.4, 0.5) is 0 Å². The largest absolute Gasteiger partial charge is 0.305 e. The van der Waals surface area contributed by atoms with Gasteiger partial charge in [0.25, 0.3) is 0 Å². The minimum absolute atomic E-state index is 0.125. The molecule has 0 saturated carbocycles. The van der Waals surface area contributed by atoms with Crippen molar-refractivity contribution in [1.29, 1.82) is 0 Å². The summed E-state index contributed by atoms with van der Waals surface area (Å²) in [6, 6.07) is 17.2. The minimum atomic E-state index is -3.14. The van der Waals surface area contributed by atoms with Gasteiger partial charge in [0.2, 0.25) is 0 Å². The molecule has 0 saturated heterocycles. The van der Waals surface area contributed by atoms with Crippen LogP contribution in [0.3, 0.4) is 0 Å². The number of sulfone groups is 1. The van der Waals surface area contributed by atoms with E-state index in [0.29, 0.717) is 11.4 Å². The summed E-state index contributed by atoms with van der Waals surface area (Å²) >= 11 is 0. The van der Waals surface area contributed by atoms with Crippen molar-refractivity contribution in [2.45, 2.75) is 17.9 Å². The molecule has 0 amide bonds. The Balaban J connectivity index is 1.72. The molecule has 2 aromatic carbocycles. The summed E-state index contributed by atoms with van der Waals surface area (Å²) in [5.74, 6) is 0.144. The Morgan fingerprint density at radius 1 is 1.14 bits per heavy atom. The average Bonchev–Trinajstić information content (AvgIpc) is 2.78. The Labute approximate surface area is 131 Å². The van der Waals surface area contributed by atoms with Gasteiger partial charge in [-0.25, -0.2) is 8.42 Å². The number of hydrogen-bond donors (Lipinski definition) is 1. The van der Waals surface area contributed by atoms with Crippen molar-refractivity contribution >= 4 is 15.9 Å². The molecule has 1 unspecified atom stereocenters. The summed E-state index contributed by atoms with van der Waals surface area (Å²) in [6.07, 6.45) is 2.11. The second-order valence-electron chi connectivity index (χ2n) is 5.65. The van der Waals surface area contributed by atoms with Crippen molar-refractivity contribution in [3.05, 3.63) is 71.3 Å². The fourth-order valence-corrected chi connectivity index (χ4v) is 4.56. The van der Waals surface area contributed by atoms with E-state index >= 15 is 0 Å². The molecule has 0 radical (unpaired) electrons. The highest BCUT2D eigenvalue weighted by atomic mass is 32.2. The van der Waals surface area contributed by atoms with Gasteiger partial charge in [-0.3, -0.25) is 0 Å². The molecule has 1 atom stereocenters. The van der Waals surface area contributed by atoms with Crippen LogP contribution < -0.4 is 5.32 Å². The van der Waals surface area contributed by atoms with Crippen molar-refractivity contribution in [3.63, 3.8) is 0 Å². The fraction of sp³-hybridized carbons (Fsp3) is 0.222.